The molecule has 0 bridgehead atoms. The number of nitrogens with zero attached hydrogens (tertiary/aromatic N) is 1. The standard InChI is InChI=1S/C18H25F3N2O2/c1-14-5-3-9-23(12-14)10-4-8-22-17(24)13-25-16-7-2-6-15(11-16)18(19,20)21/h2,6-7,11,14H,3-5,8-10,12-13H2,1H3,(H,22,24). The highest BCUT2D eigenvalue weighted by Gasteiger charge is 2.30. The fourth-order valence-electron chi connectivity index (χ4n) is 2.98. The molecule has 1 atom stereocenters. The number of rotatable bonds is 7. The first-order valence-electron chi connectivity index (χ1n) is 8.63. The Morgan fingerprint density at radius 3 is 2.92 bits per heavy atom. The second-order valence-electron chi connectivity index (χ2n) is 6.57. The summed E-state index contributed by atoms with van der Waals surface area (Å²) < 4.78 is 43.0. The van der Waals surface area contributed by atoms with Crippen LogP contribution in [0.2, 0.25) is 0 Å². The third-order valence-corrected chi connectivity index (χ3v) is 4.25. The Labute approximate surface area is 146 Å². The maximum atomic E-state index is 12.6. The molecule has 1 amide bonds. The van der Waals surface area contributed by atoms with E-state index in [2.05, 4.69) is 17.1 Å². The lowest BCUT2D eigenvalue weighted by molar-refractivity contribution is -0.137. The number of halogens is 3. The van der Waals surface area contributed by atoms with Gasteiger partial charge in [0.2, 0.25) is 0 Å². The molecule has 0 spiro atoms. The zero-order valence-corrected chi connectivity index (χ0v) is 14.4. The molecule has 25 heavy (non-hydrogen) atoms. The molecule has 4 nitrogen and oxygen atoms in total. The van der Waals surface area contributed by atoms with Crippen molar-refractivity contribution >= 4 is 5.91 Å². The van der Waals surface area contributed by atoms with Gasteiger partial charge in [0.05, 0.1) is 5.56 Å². The maximum Gasteiger partial charge on any atom is 0.416 e. The van der Waals surface area contributed by atoms with Gasteiger partial charge >= 0.3 is 6.18 Å². The molecule has 1 aliphatic rings. The lowest BCUT2D eigenvalue weighted by atomic mass is 10.0. The van der Waals surface area contributed by atoms with Gasteiger partial charge in [-0.05, 0) is 56.5 Å². The smallest absolute Gasteiger partial charge is 0.416 e. The molecule has 2 rings (SSSR count). The second-order valence-corrected chi connectivity index (χ2v) is 6.57. The molecule has 1 N–H and O–H groups in total. The fraction of sp³-hybridized carbons (Fsp3) is 0.611. The van der Waals surface area contributed by atoms with Crippen molar-refractivity contribution in [2.24, 2.45) is 5.92 Å². The number of alkyl halides is 3. The third kappa shape index (κ3) is 6.94. The molecule has 0 radical (unpaired) electrons. The quantitative estimate of drug-likeness (QED) is 0.761. The first-order chi connectivity index (χ1) is 11.8. The van der Waals surface area contributed by atoms with Crippen molar-refractivity contribution in [1.82, 2.24) is 10.2 Å². The summed E-state index contributed by atoms with van der Waals surface area (Å²) in [6, 6.07) is 4.52. The SMILES string of the molecule is CC1CCCN(CCCNC(=O)COc2cccc(C(F)(F)F)c2)C1. The van der Waals surface area contributed by atoms with E-state index < -0.39 is 11.7 Å². The van der Waals surface area contributed by atoms with Crippen LogP contribution < -0.4 is 10.1 Å². The normalized spacial score (nSPS) is 18.8. The third-order valence-electron chi connectivity index (χ3n) is 4.25. The number of hydrogen-bond donors (Lipinski definition) is 1. The van der Waals surface area contributed by atoms with Crippen LogP contribution in [0.4, 0.5) is 13.2 Å². The molecule has 1 aliphatic heterocycles. The van der Waals surface area contributed by atoms with E-state index in [4.69, 9.17) is 4.74 Å². The zero-order valence-electron chi connectivity index (χ0n) is 14.4. The summed E-state index contributed by atoms with van der Waals surface area (Å²) in [6.07, 6.45) is -1.08. The fourth-order valence-corrected chi connectivity index (χ4v) is 2.98. The van der Waals surface area contributed by atoms with Gasteiger partial charge in [-0.1, -0.05) is 13.0 Å². The number of carbonyl (C=O) groups excluding carboxylic acids is 1. The van der Waals surface area contributed by atoms with Crippen molar-refractivity contribution in [3.63, 3.8) is 0 Å². The molecule has 7 heteroatoms. The van der Waals surface area contributed by atoms with Crippen LogP contribution in [0.25, 0.3) is 0 Å². The van der Waals surface area contributed by atoms with E-state index in [9.17, 15) is 18.0 Å². The van der Waals surface area contributed by atoms with Crippen molar-refractivity contribution in [3.05, 3.63) is 29.8 Å². The van der Waals surface area contributed by atoms with Crippen LogP contribution >= 0.6 is 0 Å². The molecule has 1 unspecified atom stereocenters. The van der Waals surface area contributed by atoms with E-state index in [0.717, 1.165) is 44.1 Å². The summed E-state index contributed by atoms with van der Waals surface area (Å²) in [7, 11) is 0. The topological polar surface area (TPSA) is 41.6 Å². The summed E-state index contributed by atoms with van der Waals surface area (Å²) in [4.78, 5) is 14.1. The summed E-state index contributed by atoms with van der Waals surface area (Å²) >= 11 is 0. The van der Waals surface area contributed by atoms with E-state index in [1.54, 1.807) is 0 Å². The predicted molar refractivity (Wildman–Crippen MR) is 89.4 cm³/mol. The average molecular weight is 358 g/mol. The molecule has 0 aromatic heterocycles. The minimum Gasteiger partial charge on any atom is -0.484 e. The van der Waals surface area contributed by atoms with E-state index in [-0.39, 0.29) is 18.3 Å². The predicted octanol–water partition coefficient (Wildman–Crippen LogP) is 3.32. The first-order valence-corrected chi connectivity index (χ1v) is 8.63. The Hall–Kier alpha value is -1.76. The van der Waals surface area contributed by atoms with Gasteiger partial charge in [-0.2, -0.15) is 13.2 Å². The number of piperidine rings is 1. The van der Waals surface area contributed by atoms with Gasteiger partial charge in [0.25, 0.3) is 5.91 Å². The molecule has 140 valence electrons. The van der Waals surface area contributed by atoms with Gasteiger partial charge in [-0.15, -0.1) is 0 Å². The highest BCUT2D eigenvalue weighted by Crippen LogP contribution is 2.31. The van der Waals surface area contributed by atoms with Crippen LogP contribution in [-0.4, -0.2) is 43.6 Å². The van der Waals surface area contributed by atoms with E-state index >= 15 is 0 Å². The summed E-state index contributed by atoms with van der Waals surface area (Å²) in [5.41, 5.74) is -0.791. The number of ether oxygens (including phenoxy) is 1. The molecular weight excluding hydrogens is 333 g/mol. The monoisotopic (exact) mass is 358 g/mol. The number of hydrogen-bond acceptors (Lipinski definition) is 3. The summed E-state index contributed by atoms with van der Waals surface area (Å²) in [5, 5.41) is 2.74. The van der Waals surface area contributed by atoms with Gasteiger partial charge in [0.15, 0.2) is 6.61 Å². The minimum atomic E-state index is -4.42. The lowest BCUT2D eigenvalue weighted by Crippen LogP contribution is -2.37. The molecular formula is C18H25F3N2O2. The molecule has 0 aliphatic carbocycles. The van der Waals surface area contributed by atoms with Gasteiger partial charge in [-0.25, -0.2) is 0 Å². The molecule has 1 saturated heterocycles. The van der Waals surface area contributed by atoms with Crippen molar-refractivity contribution < 1.29 is 22.7 Å². The first kappa shape index (κ1) is 19.6. The largest absolute Gasteiger partial charge is 0.484 e. The van der Waals surface area contributed by atoms with Crippen LogP contribution in [0.1, 0.15) is 31.7 Å². The van der Waals surface area contributed by atoms with Crippen LogP contribution in [-0.2, 0) is 11.0 Å². The Kier molecular flexibility index (Phi) is 7.11. The lowest BCUT2D eigenvalue weighted by Gasteiger charge is -2.30. The summed E-state index contributed by atoms with van der Waals surface area (Å²) in [6.45, 7) is 5.65. The Bertz CT molecular complexity index is 563. The molecule has 1 aromatic rings. The molecule has 0 saturated carbocycles. The number of likely N-dealkylation sites (tertiary alicyclic amines) is 1. The number of nitrogens with one attached hydrogen (secondary N) is 1. The molecule has 1 fully saturated rings. The Balaban J connectivity index is 1.64. The average Bonchev–Trinajstić information content (AvgIpc) is 2.56. The molecule has 1 aromatic carbocycles. The second kappa shape index (κ2) is 9.08. The van der Waals surface area contributed by atoms with Crippen LogP contribution in [0.15, 0.2) is 24.3 Å². The maximum absolute atomic E-state index is 12.6. The van der Waals surface area contributed by atoms with E-state index in [1.165, 1.54) is 25.0 Å². The van der Waals surface area contributed by atoms with Crippen LogP contribution in [0, 0.1) is 5.92 Å². The van der Waals surface area contributed by atoms with Crippen LogP contribution in [0.5, 0.6) is 5.75 Å². The van der Waals surface area contributed by atoms with Gasteiger partial charge in [0, 0.05) is 13.1 Å². The van der Waals surface area contributed by atoms with Gasteiger partial charge in [-0.3, -0.25) is 4.79 Å². The summed E-state index contributed by atoms with van der Waals surface area (Å²) in [5.74, 6) is 0.431. The minimum absolute atomic E-state index is 0.0345. The number of benzene rings is 1. The molecule has 1 heterocycles. The zero-order chi connectivity index (χ0) is 18.3. The van der Waals surface area contributed by atoms with Gasteiger partial charge in [0.1, 0.15) is 5.75 Å². The van der Waals surface area contributed by atoms with E-state index in [1.807, 2.05) is 0 Å². The number of carbonyl (C=O) groups is 1. The Morgan fingerprint density at radius 2 is 2.20 bits per heavy atom. The Morgan fingerprint density at radius 1 is 1.40 bits per heavy atom. The van der Waals surface area contributed by atoms with Crippen molar-refractivity contribution in [3.8, 4) is 5.75 Å². The highest BCUT2D eigenvalue weighted by molar-refractivity contribution is 5.77. The van der Waals surface area contributed by atoms with E-state index in [0.29, 0.717) is 6.54 Å². The highest BCUT2D eigenvalue weighted by atomic mass is 19.4. The number of amides is 1. The van der Waals surface area contributed by atoms with Gasteiger partial charge < -0.3 is 15.0 Å². The van der Waals surface area contributed by atoms with Crippen molar-refractivity contribution in [2.45, 2.75) is 32.4 Å². The van der Waals surface area contributed by atoms with Crippen molar-refractivity contribution in [2.75, 3.05) is 32.8 Å². The van der Waals surface area contributed by atoms with Crippen molar-refractivity contribution in [1.29, 1.82) is 0 Å². The van der Waals surface area contributed by atoms with Crippen LogP contribution in [0.3, 0.4) is 0 Å².